The van der Waals surface area contributed by atoms with E-state index in [4.69, 9.17) is 4.74 Å². The number of hydrogen-bond acceptors (Lipinski definition) is 3. The van der Waals surface area contributed by atoms with Crippen LogP contribution in [0.15, 0.2) is 49.1 Å². The number of nitrogens with one attached hydrogen (secondary N) is 1. The van der Waals surface area contributed by atoms with E-state index in [0.717, 1.165) is 12.1 Å². The molecule has 2 amide bonds. The molecule has 1 heterocycles. The van der Waals surface area contributed by atoms with Crippen molar-refractivity contribution in [2.24, 2.45) is 0 Å². The normalized spacial score (nSPS) is 12.8. The van der Waals surface area contributed by atoms with Crippen LogP contribution in [0.2, 0.25) is 0 Å². The second-order valence-electron chi connectivity index (χ2n) is 5.31. The Kier molecular flexibility index (Phi) is 4.47. The average molecular weight is 344 g/mol. The number of nitrogens with zero attached hydrogens (tertiary/aromatic N) is 1. The van der Waals surface area contributed by atoms with Crippen LogP contribution in [0, 0.1) is 11.6 Å². The van der Waals surface area contributed by atoms with Crippen LogP contribution in [0.3, 0.4) is 0 Å². The van der Waals surface area contributed by atoms with Crippen LogP contribution in [-0.4, -0.2) is 25.0 Å². The highest BCUT2D eigenvalue weighted by molar-refractivity contribution is 6.07. The molecule has 25 heavy (non-hydrogen) atoms. The lowest BCUT2D eigenvalue weighted by Gasteiger charge is -2.29. The van der Waals surface area contributed by atoms with Crippen LogP contribution in [0.1, 0.15) is 10.4 Å². The Bertz CT molecular complexity index is 850. The number of carbonyl (C=O) groups excluding carboxylic acids is 2. The van der Waals surface area contributed by atoms with Crippen molar-refractivity contribution in [3.63, 3.8) is 0 Å². The lowest BCUT2D eigenvalue weighted by atomic mass is 10.1. The minimum atomic E-state index is -0.852. The van der Waals surface area contributed by atoms with Crippen LogP contribution < -0.4 is 15.0 Å². The van der Waals surface area contributed by atoms with Gasteiger partial charge in [0, 0.05) is 23.4 Å². The van der Waals surface area contributed by atoms with Gasteiger partial charge in [-0.3, -0.25) is 9.59 Å². The van der Waals surface area contributed by atoms with Crippen LogP contribution in [-0.2, 0) is 4.79 Å². The maximum atomic E-state index is 13.8. The number of rotatable bonds is 3. The molecular formula is C18H14F2N2O3. The van der Waals surface area contributed by atoms with Crippen molar-refractivity contribution >= 4 is 23.2 Å². The first-order valence-electron chi connectivity index (χ1n) is 7.47. The fourth-order valence-electron chi connectivity index (χ4n) is 2.51. The zero-order valence-corrected chi connectivity index (χ0v) is 13.1. The fraction of sp³-hybridized carbons (Fsp3) is 0.111. The Morgan fingerprint density at radius 2 is 1.92 bits per heavy atom. The Balaban J connectivity index is 1.87. The fourth-order valence-corrected chi connectivity index (χ4v) is 2.51. The molecule has 0 saturated heterocycles. The van der Waals surface area contributed by atoms with Crippen molar-refractivity contribution in [2.75, 3.05) is 23.4 Å². The predicted octanol–water partition coefficient (Wildman–Crippen LogP) is 3.13. The van der Waals surface area contributed by atoms with Crippen LogP contribution in [0.25, 0.3) is 0 Å². The number of benzene rings is 2. The highest BCUT2D eigenvalue weighted by atomic mass is 19.1. The Labute approximate surface area is 142 Å². The van der Waals surface area contributed by atoms with E-state index in [1.54, 1.807) is 12.1 Å². The summed E-state index contributed by atoms with van der Waals surface area (Å²) in [5.74, 6) is -2.57. The van der Waals surface area contributed by atoms with E-state index in [1.807, 2.05) is 0 Å². The van der Waals surface area contributed by atoms with Crippen molar-refractivity contribution in [3.05, 3.63) is 66.3 Å². The summed E-state index contributed by atoms with van der Waals surface area (Å²) in [7, 11) is 0. The van der Waals surface area contributed by atoms with E-state index < -0.39 is 17.5 Å². The van der Waals surface area contributed by atoms with E-state index in [2.05, 4.69) is 11.9 Å². The number of carbonyl (C=O) groups is 2. The number of anilines is 2. The molecule has 0 radical (unpaired) electrons. The summed E-state index contributed by atoms with van der Waals surface area (Å²) < 4.78 is 32.6. The summed E-state index contributed by atoms with van der Waals surface area (Å²) in [5.41, 5.74) is 0.868. The number of fused-ring (bicyclic) bond motifs is 1. The molecule has 3 rings (SSSR count). The minimum Gasteiger partial charge on any atom is -0.486 e. The van der Waals surface area contributed by atoms with Crippen LogP contribution in [0.5, 0.6) is 5.75 Å². The topological polar surface area (TPSA) is 58.6 Å². The maximum absolute atomic E-state index is 13.8. The monoisotopic (exact) mass is 344 g/mol. The molecule has 0 aromatic heterocycles. The molecule has 1 aliphatic rings. The molecule has 0 spiro atoms. The molecule has 0 atom stereocenters. The molecule has 128 valence electrons. The maximum Gasteiger partial charge on any atom is 0.258 e. The standard InChI is InChI=1S/C18H14F2N2O3/c1-2-16(23)21-13-5-3-11(4-6-13)18(24)22-7-8-25-17-14(20)9-12(19)10-15(17)22/h2-6,9-10H,1,7-8H2,(H,21,23). The summed E-state index contributed by atoms with van der Waals surface area (Å²) in [6.07, 6.45) is 1.13. The largest absolute Gasteiger partial charge is 0.486 e. The van der Waals surface area contributed by atoms with Crippen LogP contribution >= 0.6 is 0 Å². The van der Waals surface area contributed by atoms with E-state index in [1.165, 1.54) is 17.0 Å². The van der Waals surface area contributed by atoms with Gasteiger partial charge in [-0.05, 0) is 30.3 Å². The van der Waals surface area contributed by atoms with Crippen molar-refractivity contribution < 1.29 is 23.1 Å². The summed E-state index contributed by atoms with van der Waals surface area (Å²) in [6.45, 7) is 3.63. The highest BCUT2D eigenvalue weighted by Crippen LogP contribution is 2.35. The van der Waals surface area contributed by atoms with Gasteiger partial charge in [0.25, 0.3) is 5.91 Å². The van der Waals surface area contributed by atoms with Gasteiger partial charge in [-0.15, -0.1) is 0 Å². The molecule has 0 saturated carbocycles. The second-order valence-corrected chi connectivity index (χ2v) is 5.31. The van der Waals surface area contributed by atoms with Crippen molar-refractivity contribution in [1.29, 1.82) is 0 Å². The number of amides is 2. The quantitative estimate of drug-likeness (QED) is 0.871. The summed E-state index contributed by atoms with van der Waals surface area (Å²) in [5, 5.41) is 2.57. The summed E-state index contributed by atoms with van der Waals surface area (Å²) in [4.78, 5) is 25.2. The first-order chi connectivity index (χ1) is 12.0. The van der Waals surface area contributed by atoms with Crippen molar-refractivity contribution in [1.82, 2.24) is 0 Å². The molecule has 5 nitrogen and oxygen atoms in total. The molecule has 0 unspecified atom stereocenters. The van der Waals surface area contributed by atoms with E-state index in [0.29, 0.717) is 17.3 Å². The summed E-state index contributed by atoms with van der Waals surface area (Å²) in [6, 6.07) is 7.93. The van der Waals surface area contributed by atoms with Crippen molar-refractivity contribution in [3.8, 4) is 5.75 Å². The molecule has 7 heteroatoms. The first-order valence-corrected chi connectivity index (χ1v) is 7.47. The van der Waals surface area contributed by atoms with E-state index in [-0.39, 0.29) is 30.5 Å². The average Bonchev–Trinajstić information content (AvgIpc) is 2.61. The number of hydrogen-bond donors (Lipinski definition) is 1. The highest BCUT2D eigenvalue weighted by Gasteiger charge is 2.27. The van der Waals surface area contributed by atoms with Gasteiger partial charge >= 0.3 is 0 Å². The third-order valence-corrected chi connectivity index (χ3v) is 3.67. The second kappa shape index (κ2) is 6.72. The first kappa shape index (κ1) is 16.6. The molecule has 0 fully saturated rings. The third-order valence-electron chi connectivity index (χ3n) is 3.67. The molecule has 1 N–H and O–H groups in total. The van der Waals surface area contributed by atoms with Gasteiger partial charge in [-0.25, -0.2) is 8.78 Å². The molecule has 2 aromatic carbocycles. The number of halogens is 2. The lowest BCUT2D eigenvalue weighted by Crippen LogP contribution is -2.38. The van der Waals surface area contributed by atoms with Gasteiger partial charge in [0.15, 0.2) is 11.6 Å². The van der Waals surface area contributed by atoms with Gasteiger partial charge in [0.2, 0.25) is 5.91 Å². The Morgan fingerprint density at radius 1 is 1.20 bits per heavy atom. The number of ether oxygens (including phenoxy) is 1. The van der Waals surface area contributed by atoms with Crippen LogP contribution in [0.4, 0.5) is 20.2 Å². The molecular weight excluding hydrogens is 330 g/mol. The third kappa shape index (κ3) is 3.35. The SMILES string of the molecule is C=CC(=O)Nc1ccc(C(=O)N2CCOc3c(F)cc(F)cc32)cc1. The van der Waals surface area contributed by atoms with Crippen molar-refractivity contribution in [2.45, 2.75) is 0 Å². The zero-order chi connectivity index (χ0) is 18.0. The molecule has 0 aliphatic carbocycles. The van der Waals surface area contributed by atoms with Gasteiger partial charge < -0.3 is 15.0 Å². The molecule has 2 aromatic rings. The summed E-state index contributed by atoms with van der Waals surface area (Å²) >= 11 is 0. The molecule has 1 aliphatic heterocycles. The lowest BCUT2D eigenvalue weighted by molar-refractivity contribution is -0.111. The minimum absolute atomic E-state index is 0.0535. The van der Waals surface area contributed by atoms with Gasteiger partial charge in [0.05, 0.1) is 12.2 Å². The van der Waals surface area contributed by atoms with E-state index >= 15 is 0 Å². The van der Waals surface area contributed by atoms with Gasteiger partial charge in [0.1, 0.15) is 12.4 Å². The van der Waals surface area contributed by atoms with Gasteiger partial charge in [-0.1, -0.05) is 6.58 Å². The molecule has 0 bridgehead atoms. The Hall–Kier alpha value is -3.22. The Morgan fingerprint density at radius 3 is 2.60 bits per heavy atom. The smallest absolute Gasteiger partial charge is 0.258 e. The predicted molar refractivity (Wildman–Crippen MR) is 88.8 cm³/mol. The van der Waals surface area contributed by atoms with E-state index in [9.17, 15) is 18.4 Å². The van der Waals surface area contributed by atoms with Gasteiger partial charge in [-0.2, -0.15) is 0 Å². The zero-order valence-electron chi connectivity index (χ0n) is 13.1.